The molecule has 2 amide bonds. The molecule has 2 N–H and O–H groups in total. The lowest BCUT2D eigenvalue weighted by Gasteiger charge is -2.20. The molecule has 0 atom stereocenters. The van der Waals surface area contributed by atoms with Crippen LogP contribution < -0.4 is 10.0 Å². The van der Waals surface area contributed by atoms with Gasteiger partial charge in [0.15, 0.2) is 0 Å². The first-order valence-corrected chi connectivity index (χ1v) is 11.7. The number of sulfonamides is 1. The van der Waals surface area contributed by atoms with Gasteiger partial charge in [0.2, 0.25) is 5.09 Å². The summed E-state index contributed by atoms with van der Waals surface area (Å²) in [4.78, 5) is 14.7. The van der Waals surface area contributed by atoms with E-state index in [1.165, 1.54) is 17.2 Å². The quantitative estimate of drug-likeness (QED) is 0.804. The maximum atomic E-state index is 12.7. The zero-order valence-electron chi connectivity index (χ0n) is 16.5. The van der Waals surface area contributed by atoms with Gasteiger partial charge >= 0.3 is 6.03 Å². The van der Waals surface area contributed by atoms with Crippen LogP contribution in [0.5, 0.6) is 0 Å². The summed E-state index contributed by atoms with van der Waals surface area (Å²) in [7, 11) is -2.09. The molecular formula is C21H25N3O4S. The highest BCUT2D eigenvalue weighted by Gasteiger charge is 2.29. The van der Waals surface area contributed by atoms with Crippen molar-refractivity contribution in [2.75, 3.05) is 18.9 Å². The number of fused-ring (bicyclic) bond motifs is 3. The Bertz CT molecular complexity index is 1070. The second-order valence-electron chi connectivity index (χ2n) is 8.30. The minimum absolute atomic E-state index is 0.198. The van der Waals surface area contributed by atoms with Crippen LogP contribution in [0.15, 0.2) is 21.6 Å². The number of rotatable bonds is 3. The van der Waals surface area contributed by atoms with Gasteiger partial charge in [-0.1, -0.05) is 6.07 Å². The van der Waals surface area contributed by atoms with E-state index in [1.54, 1.807) is 0 Å². The molecule has 0 radical (unpaired) electrons. The SMILES string of the molecule is CN1CCc2oc(S(=O)(=O)NC(=O)Nc3c4c(cc5c3CCC5)CCC4)cc2C1. The fourth-order valence-corrected chi connectivity index (χ4v) is 5.76. The number of nitrogens with one attached hydrogen (secondary N) is 2. The maximum Gasteiger partial charge on any atom is 0.333 e. The average molecular weight is 416 g/mol. The molecule has 7 nitrogen and oxygen atoms in total. The molecule has 0 unspecified atom stereocenters. The molecule has 2 aliphatic carbocycles. The Labute approximate surface area is 170 Å². The highest BCUT2D eigenvalue weighted by atomic mass is 32.2. The average Bonchev–Trinajstić information content (AvgIpc) is 3.39. The van der Waals surface area contributed by atoms with Crippen LogP contribution in [-0.4, -0.2) is 32.9 Å². The van der Waals surface area contributed by atoms with Crippen LogP contribution in [0.2, 0.25) is 0 Å². The standard InChI is InChI=1S/C21H25N3O4S/c1-24-9-8-18-15(12-24)11-19(28-18)29(26,27)23-21(25)22-20-16-6-2-4-13(16)10-14-5-3-7-17(14)20/h10-11H,2-9,12H2,1H3,(H2,22,23,25). The Morgan fingerprint density at radius 2 is 1.69 bits per heavy atom. The zero-order valence-corrected chi connectivity index (χ0v) is 17.3. The largest absolute Gasteiger partial charge is 0.447 e. The van der Waals surface area contributed by atoms with Crippen molar-refractivity contribution in [2.24, 2.45) is 0 Å². The molecule has 29 heavy (non-hydrogen) atoms. The van der Waals surface area contributed by atoms with Gasteiger partial charge in [-0.25, -0.2) is 9.52 Å². The summed E-state index contributed by atoms with van der Waals surface area (Å²) in [5, 5.41) is 2.66. The number of carbonyl (C=O) groups excluding carboxylic acids is 1. The highest BCUT2D eigenvalue weighted by Crippen LogP contribution is 2.38. The van der Waals surface area contributed by atoms with Crippen molar-refractivity contribution in [1.29, 1.82) is 0 Å². The van der Waals surface area contributed by atoms with Crippen molar-refractivity contribution in [3.05, 3.63) is 45.7 Å². The van der Waals surface area contributed by atoms with Crippen LogP contribution in [0.25, 0.3) is 0 Å². The van der Waals surface area contributed by atoms with Crippen molar-refractivity contribution in [3.8, 4) is 0 Å². The van der Waals surface area contributed by atoms with E-state index in [0.29, 0.717) is 18.7 Å². The van der Waals surface area contributed by atoms with Crippen LogP contribution in [0.3, 0.4) is 0 Å². The molecule has 154 valence electrons. The lowest BCUT2D eigenvalue weighted by Crippen LogP contribution is -2.34. The number of nitrogens with zero attached hydrogens (tertiary/aromatic N) is 1. The number of benzene rings is 1. The molecule has 0 saturated heterocycles. The van der Waals surface area contributed by atoms with Gasteiger partial charge < -0.3 is 14.6 Å². The third kappa shape index (κ3) is 3.34. The van der Waals surface area contributed by atoms with E-state index in [1.807, 2.05) is 7.05 Å². The Kier molecular flexibility index (Phi) is 4.43. The van der Waals surface area contributed by atoms with E-state index in [0.717, 1.165) is 67.4 Å². The van der Waals surface area contributed by atoms with Gasteiger partial charge in [-0.15, -0.1) is 0 Å². The Morgan fingerprint density at radius 3 is 2.38 bits per heavy atom. The van der Waals surface area contributed by atoms with E-state index in [4.69, 9.17) is 4.42 Å². The van der Waals surface area contributed by atoms with Crippen molar-refractivity contribution >= 4 is 21.7 Å². The monoisotopic (exact) mass is 415 g/mol. The Balaban J connectivity index is 1.38. The molecule has 0 bridgehead atoms. The third-order valence-electron chi connectivity index (χ3n) is 6.24. The molecule has 5 rings (SSSR count). The molecule has 1 aromatic heterocycles. The number of furan rings is 1. The number of likely N-dealkylation sites (N-methyl/N-ethyl adjacent to an activating group) is 1. The first kappa shape index (κ1) is 18.7. The summed E-state index contributed by atoms with van der Waals surface area (Å²) in [6.07, 6.45) is 6.67. The first-order chi connectivity index (χ1) is 13.9. The van der Waals surface area contributed by atoms with Crippen LogP contribution in [0.1, 0.15) is 46.4 Å². The smallest absolute Gasteiger partial charge is 0.333 e. The van der Waals surface area contributed by atoms with Gasteiger partial charge in [0.05, 0.1) is 0 Å². The molecule has 1 aliphatic heterocycles. The minimum atomic E-state index is -4.07. The molecule has 2 heterocycles. The number of urea groups is 1. The summed E-state index contributed by atoms with van der Waals surface area (Å²) < 4.78 is 33.1. The number of aryl methyl sites for hydroxylation is 2. The van der Waals surface area contributed by atoms with Gasteiger partial charge in [-0.05, 0) is 67.8 Å². The Morgan fingerprint density at radius 1 is 1.00 bits per heavy atom. The normalized spacial score (nSPS) is 18.2. The van der Waals surface area contributed by atoms with Crippen LogP contribution in [0, 0.1) is 0 Å². The minimum Gasteiger partial charge on any atom is -0.447 e. The second kappa shape index (κ2) is 6.88. The number of hydrogen-bond donors (Lipinski definition) is 2. The molecule has 2 aromatic rings. The van der Waals surface area contributed by atoms with Gasteiger partial charge in [0, 0.05) is 36.8 Å². The van der Waals surface area contributed by atoms with E-state index in [-0.39, 0.29) is 5.09 Å². The summed E-state index contributed by atoms with van der Waals surface area (Å²) in [5.74, 6) is 0.683. The summed E-state index contributed by atoms with van der Waals surface area (Å²) >= 11 is 0. The molecule has 0 fully saturated rings. The lowest BCUT2D eigenvalue weighted by molar-refractivity contribution is 0.256. The van der Waals surface area contributed by atoms with Crippen molar-refractivity contribution < 1.29 is 17.6 Å². The number of anilines is 1. The number of hydrogen-bond acceptors (Lipinski definition) is 5. The first-order valence-electron chi connectivity index (χ1n) is 10.2. The van der Waals surface area contributed by atoms with Gasteiger partial charge in [0.1, 0.15) is 5.76 Å². The van der Waals surface area contributed by atoms with E-state index in [2.05, 4.69) is 21.0 Å². The third-order valence-corrected chi connectivity index (χ3v) is 7.42. The molecule has 3 aliphatic rings. The van der Waals surface area contributed by atoms with Crippen molar-refractivity contribution in [1.82, 2.24) is 9.62 Å². The van der Waals surface area contributed by atoms with Gasteiger partial charge in [-0.3, -0.25) is 0 Å². The second-order valence-corrected chi connectivity index (χ2v) is 9.91. The van der Waals surface area contributed by atoms with Crippen LogP contribution >= 0.6 is 0 Å². The molecule has 8 heteroatoms. The lowest BCUT2D eigenvalue weighted by atomic mass is 9.99. The van der Waals surface area contributed by atoms with E-state index in [9.17, 15) is 13.2 Å². The van der Waals surface area contributed by atoms with E-state index < -0.39 is 16.1 Å². The predicted octanol–water partition coefficient (Wildman–Crippen LogP) is 2.76. The number of amides is 2. The summed E-state index contributed by atoms with van der Waals surface area (Å²) in [6, 6.07) is 3.07. The van der Waals surface area contributed by atoms with E-state index >= 15 is 0 Å². The number of carbonyl (C=O) groups is 1. The van der Waals surface area contributed by atoms with Crippen LogP contribution in [-0.2, 0) is 48.7 Å². The van der Waals surface area contributed by atoms with Gasteiger partial charge in [-0.2, -0.15) is 8.42 Å². The summed E-state index contributed by atoms with van der Waals surface area (Å²) in [5.41, 5.74) is 6.57. The summed E-state index contributed by atoms with van der Waals surface area (Å²) in [6.45, 7) is 1.46. The predicted molar refractivity (Wildman–Crippen MR) is 109 cm³/mol. The Hall–Kier alpha value is -2.32. The van der Waals surface area contributed by atoms with Crippen molar-refractivity contribution in [3.63, 3.8) is 0 Å². The molecular weight excluding hydrogens is 390 g/mol. The van der Waals surface area contributed by atoms with Crippen molar-refractivity contribution in [2.45, 2.75) is 56.6 Å². The van der Waals surface area contributed by atoms with Crippen LogP contribution in [0.4, 0.5) is 10.5 Å². The highest BCUT2D eigenvalue weighted by molar-refractivity contribution is 7.89. The molecule has 1 aromatic carbocycles. The maximum absolute atomic E-state index is 12.7. The van der Waals surface area contributed by atoms with Gasteiger partial charge in [0.25, 0.3) is 10.0 Å². The fraction of sp³-hybridized carbons (Fsp3) is 0.476. The zero-order chi connectivity index (χ0) is 20.2. The molecule has 0 spiro atoms. The molecule has 0 saturated carbocycles. The topological polar surface area (TPSA) is 91.7 Å². The fourth-order valence-electron chi connectivity index (χ4n) is 4.86.